The van der Waals surface area contributed by atoms with Gasteiger partial charge in [-0.3, -0.25) is 4.79 Å². The zero-order chi connectivity index (χ0) is 16.2. The Balaban J connectivity index is 1.46. The van der Waals surface area contributed by atoms with E-state index in [0.717, 1.165) is 51.9 Å². The van der Waals surface area contributed by atoms with Gasteiger partial charge >= 0.3 is 0 Å². The average Bonchev–Trinajstić information content (AvgIpc) is 3.04. The van der Waals surface area contributed by atoms with E-state index in [1.54, 1.807) is 0 Å². The molecular weight excluding hydrogens is 319 g/mol. The third kappa shape index (κ3) is 4.43. The summed E-state index contributed by atoms with van der Waals surface area (Å²) in [6.07, 6.45) is 4.35. The number of halogens is 2. The van der Waals surface area contributed by atoms with E-state index < -0.39 is 5.82 Å². The summed E-state index contributed by atoms with van der Waals surface area (Å²) in [5, 5.41) is 2.86. The van der Waals surface area contributed by atoms with Crippen LogP contribution in [0, 0.1) is 11.7 Å². The van der Waals surface area contributed by atoms with Gasteiger partial charge in [0.25, 0.3) is 0 Å². The van der Waals surface area contributed by atoms with Crippen molar-refractivity contribution in [2.45, 2.75) is 31.8 Å². The van der Waals surface area contributed by atoms with Crippen LogP contribution in [-0.2, 0) is 9.53 Å². The van der Waals surface area contributed by atoms with Crippen LogP contribution in [0.25, 0.3) is 0 Å². The molecule has 1 atom stereocenters. The fourth-order valence-electron chi connectivity index (χ4n) is 3.27. The number of amides is 1. The van der Waals surface area contributed by atoms with Gasteiger partial charge < -0.3 is 15.0 Å². The second-order valence-corrected chi connectivity index (χ2v) is 6.74. The summed E-state index contributed by atoms with van der Waals surface area (Å²) in [5.41, 5.74) is 0.545. The quantitative estimate of drug-likeness (QED) is 0.914. The van der Waals surface area contributed by atoms with Crippen LogP contribution in [0.2, 0.25) is 5.02 Å². The topological polar surface area (TPSA) is 41.6 Å². The molecule has 1 amide bonds. The summed E-state index contributed by atoms with van der Waals surface area (Å²) in [5.74, 6) is -0.490. The number of nitrogens with one attached hydrogen (secondary N) is 1. The molecule has 0 saturated carbocycles. The van der Waals surface area contributed by atoms with Crippen molar-refractivity contribution in [2.75, 3.05) is 31.6 Å². The average molecular weight is 341 g/mol. The summed E-state index contributed by atoms with van der Waals surface area (Å²) in [6, 6.07) is 4.25. The third-order valence-corrected chi connectivity index (χ3v) is 4.92. The molecule has 2 aliphatic rings. The molecule has 126 valence electrons. The zero-order valence-corrected chi connectivity index (χ0v) is 13.8. The first kappa shape index (κ1) is 16.7. The van der Waals surface area contributed by atoms with Crippen molar-refractivity contribution in [3.63, 3.8) is 0 Å². The van der Waals surface area contributed by atoms with Crippen molar-refractivity contribution in [1.82, 2.24) is 4.90 Å². The molecular formula is C17H22ClFN2O2. The van der Waals surface area contributed by atoms with E-state index in [4.69, 9.17) is 16.3 Å². The first-order valence-electron chi connectivity index (χ1n) is 8.21. The SMILES string of the molecule is O=C(Nc1ccc(F)c(Cl)c1)C1CCN(C[C@H]2CCCO2)CC1. The second kappa shape index (κ2) is 7.60. The van der Waals surface area contributed by atoms with Gasteiger partial charge in [0.1, 0.15) is 5.82 Å². The largest absolute Gasteiger partial charge is 0.377 e. The van der Waals surface area contributed by atoms with Crippen LogP contribution in [0.5, 0.6) is 0 Å². The van der Waals surface area contributed by atoms with Gasteiger partial charge in [-0.1, -0.05) is 11.6 Å². The predicted molar refractivity (Wildman–Crippen MR) is 88.2 cm³/mol. The van der Waals surface area contributed by atoms with E-state index in [1.807, 2.05) is 0 Å². The van der Waals surface area contributed by atoms with E-state index in [1.165, 1.54) is 18.2 Å². The number of nitrogens with zero attached hydrogens (tertiary/aromatic N) is 1. The van der Waals surface area contributed by atoms with Crippen LogP contribution in [-0.4, -0.2) is 43.2 Å². The summed E-state index contributed by atoms with van der Waals surface area (Å²) in [4.78, 5) is 14.7. The molecule has 0 bridgehead atoms. The Labute approximate surface area is 140 Å². The molecule has 0 unspecified atom stereocenters. The molecule has 0 aliphatic carbocycles. The van der Waals surface area contributed by atoms with Crippen LogP contribution >= 0.6 is 11.6 Å². The number of carbonyl (C=O) groups is 1. The molecule has 1 aromatic rings. The lowest BCUT2D eigenvalue weighted by Gasteiger charge is -2.32. The Morgan fingerprint density at radius 3 is 2.78 bits per heavy atom. The van der Waals surface area contributed by atoms with E-state index >= 15 is 0 Å². The summed E-state index contributed by atoms with van der Waals surface area (Å²) < 4.78 is 18.8. The number of hydrogen-bond acceptors (Lipinski definition) is 3. The van der Waals surface area contributed by atoms with Gasteiger partial charge in [-0.15, -0.1) is 0 Å². The maximum absolute atomic E-state index is 13.1. The number of hydrogen-bond donors (Lipinski definition) is 1. The highest BCUT2D eigenvalue weighted by atomic mass is 35.5. The molecule has 6 heteroatoms. The number of ether oxygens (including phenoxy) is 1. The van der Waals surface area contributed by atoms with E-state index in [2.05, 4.69) is 10.2 Å². The lowest BCUT2D eigenvalue weighted by Crippen LogP contribution is -2.41. The highest BCUT2D eigenvalue weighted by Crippen LogP contribution is 2.23. The molecule has 2 aliphatic heterocycles. The highest BCUT2D eigenvalue weighted by Gasteiger charge is 2.27. The zero-order valence-electron chi connectivity index (χ0n) is 13.1. The molecule has 0 aromatic heterocycles. The maximum atomic E-state index is 13.1. The minimum atomic E-state index is -0.480. The van der Waals surface area contributed by atoms with Crippen molar-refractivity contribution in [3.8, 4) is 0 Å². The Bertz CT molecular complexity index is 556. The Kier molecular flexibility index (Phi) is 5.51. The monoisotopic (exact) mass is 340 g/mol. The van der Waals surface area contributed by atoms with Crippen LogP contribution in [0.4, 0.5) is 10.1 Å². The molecule has 2 fully saturated rings. The van der Waals surface area contributed by atoms with Gasteiger partial charge in [0, 0.05) is 24.8 Å². The van der Waals surface area contributed by atoms with E-state index in [0.29, 0.717) is 11.8 Å². The minimum Gasteiger partial charge on any atom is -0.377 e. The van der Waals surface area contributed by atoms with E-state index in [-0.39, 0.29) is 16.8 Å². The maximum Gasteiger partial charge on any atom is 0.227 e. The van der Waals surface area contributed by atoms with Crippen molar-refractivity contribution >= 4 is 23.2 Å². The first-order chi connectivity index (χ1) is 11.1. The van der Waals surface area contributed by atoms with Crippen molar-refractivity contribution < 1.29 is 13.9 Å². The Morgan fingerprint density at radius 1 is 1.35 bits per heavy atom. The number of benzene rings is 1. The first-order valence-corrected chi connectivity index (χ1v) is 8.59. The van der Waals surface area contributed by atoms with Crippen LogP contribution < -0.4 is 5.32 Å². The molecule has 3 rings (SSSR count). The number of carbonyl (C=O) groups excluding carboxylic acids is 1. The molecule has 23 heavy (non-hydrogen) atoms. The summed E-state index contributed by atoms with van der Waals surface area (Å²) in [7, 11) is 0. The van der Waals surface area contributed by atoms with Crippen molar-refractivity contribution in [1.29, 1.82) is 0 Å². The van der Waals surface area contributed by atoms with Crippen LogP contribution in [0.3, 0.4) is 0 Å². The van der Waals surface area contributed by atoms with Crippen molar-refractivity contribution in [3.05, 3.63) is 29.0 Å². The van der Waals surface area contributed by atoms with Crippen molar-refractivity contribution in [2.24, 2.45) is 5.92 Å². The van der Waals surface area contributed by atoms with Gasteiger partial charge in [-0.2, -0.15) is 0 Å². The number of piperidine rings is 1. The predicted octanol–water partition coefficient (Wildman–Crippen LogP) is 3.31. The third-order valence-electron chi connectivity index (χ3n) is 4.63. The number of anilines is 1. The van der Waals surface area contributed by atoms with E-state index in [9.17, 15) is 9.18 Å². The van der Waals surface area contributed by atoms with Gasteiger partial charge in [0.15, 0.2) is 0 Å². The molecule has 1 N–H and O–H groups in total. The standard InChI is InChI=1S/C17H22ClFN2O2/c18-15-10-13(3-4-16(15)19)20-17(22)12-5-7-21(8-6-12)11-14-2-1-9-23-14/h3-4,10,12,14H,1-2,5-9,11H2,(H,20,22)/t14-/m1/s1. The lowest BCUT2D eigenvalue weighted by molar-refractivity contribution is -0.121. The molecule has 4 nitrogen and oxygen atoms in total. The minimum absolute atomic E-state index is 0.000394. The smallest absolute Gasteiger partial charge is 0.227 e. The molecule has 2 saturated heterocycles. The number of likely N-dealkylation sites (tertiary alicyclic amines) is 1. The normalized spacial score (nSPS) is 23.1. The molecule has 0 spiro atoms. The Hall–Kier alpha value is -1.17. The van der Waals surface area contributed by atoms with Gasteiger partial charge in [0.2, 0.25) is 5.91 Å². The van der Waals surface area contributed by atoms with Gasteiger partial charge in [-0.25, -0.2) is 4.39 Å². The van der Waals surface area contributed by atoms with Gasteiger partial charge in [0.05, 0.1) is 11.1 Å². The fourth-order valence-corrected chi connectivity index (χ4v) is 3.45. The molecule has 1 aromatic carbocycles. The number of rotatable bonds is 4. The Morgan fingerprint density at radius 2 is 2.13 bits per heavy atom. The highest BCUT2D eigenvalue weighted by molar-refractivity contribution is 6.31. The fraction of sp³-hybridized carbons (Fsp3) is 0.588. The lowest BCUT2D eigenvalue weighted by atomic mass is 9.95. The summed E-state index contributed by atoms with van der Waals surface area (Å²) >= 11 is 5.74. The summed E-state index contributed by atoms with van der Waals surface area (Å²) in [6.45, 7) is 3.69. The second-order valence-electron chi connectivity index (χ2n) is 6.33. The van der Waals surface area contributed by atoms with Crippen LogP contribution in [0.1, 0.15) is 25.7 Å². The van der Waals surface area contributed by atoms with Gasteiger partial charge in [-0.05, 0) is 57.0 Å². The van der Waals surface area contributed by atoms with Crippen LogP contribution in [0.15, 0.2) is 18.2 Å². The molecule has 0 radical (unpaired) electrons. The molecule has 2 heterocycles.